The van der Waals surface area contributed by atoms with Crippen molar-refractivity contribution in [2.75, 3.05) is 11.9 Å². The van der Waals surface area contributed by atoms with Gasteiger partial charge in [0.25, 0.3) is 0 Å². The van der Waals surface area contributed by atoms with E-state index in [2.05, 4.69) is 17.9 Å². The first-order valence-corrected chi connectivity index (χ1v) is 5.70. The minimum Gasteiger partial charge on any atom is -0.392 e. The molecule has 0 fully saturated rings. The van der Waals surface area contributed by atoms with Gasteiger partial charge in [0.05, 0.1) is 13.2 Å². The maximum atomic E-state index is 9.09. The van der Waals surface area contributed by atoms with Gasteiger partial charge >= 0.3 is 0 Å². The number of anilines is 1. The summed E-state index contributed by atoms with van der Waals surface area (Å²) in [6, 6.07) is 5.54. The monoisotopic (exact) mass is 241 g/mol. The third-order valence-corrected chi connectivity index (χ3v) is 2.30. The van der Waals surface area contributed by atoms with Gasteiger partial charge in [-0.3, -0.25) is 0 Å². The summed E-state index contributed by atoms with van der Waals surface area (Å²) in [7, 11) is 0. The molecule has 0 spiro atoms. The van der Waals surface area contributed by atoms with Crippen LogP contribution in [0.2, 0.25) is 0 Å². The van der Waals surface area contributed by atoms with E-state index in [0.717, 1.165) is 23.4 Å². The average molecular weight is 241 g/mol. The first kappa shape index (κ1) is 13.4. The van der Waals surface area contributed by atoms with E-state index >= 15 is 0 Å². The molecular formula is C12H19NO2S. The summed E-state index contributed by atoms with van der Waals surface area (Å²) < 4.78 is -0.103. The van der Waals surface area contributed by atoms with E-state index in [1.807, 2.05) is 26.0 Å². The van der Waals surface area contributed by atoms with E-state index in [1.54, 1.807) is 6.07 Å². The maximum Gasteiger partial charge on any atom is 0.0682 e. The third-order valence-electron chi connectivity index (χ3n) is 2.14. The zero-order chi connectivity index (χ0) is 12.2. The summed E-state index contributed by atoms with van der Waals surface area (Å²) in [5.41, 5.74) is 2.50. The molecule has 3 N–H and O–H groups in total. The minimum atomic E-state index is -0.103. The number of aliphatic hydroxyl groups excluding tert-OH is 2. The molecule has 0 aliphatic heterocycles. The molecule has 0 radical (unpaired) electrons. The highest BCUT2D eigenvalue weighted by Gasteiger charge is 2.10. The molecule has 0 aliphatic rings. The van der Waals surface area contributed by atoms with Crippen LogP contribution in [0.15, 0.2) is 18.2 Å². The zero-order valence-electron chi connectivity index (χ0n) is 9.70. The van der Waals surface area contributed by atoms with Crippen molar-refractivity contribution in [2.24, 2.45) is 0 Å². The SMILES string of the molecule is CC(C)(S)CNc1cc(CO)cc(CO)c1. The molecule has 0 aromatic heterocycles. The van der Waals surface area contributed by atoms with E-state index in [4.69, 9.17) is 10.2 Å². The Morgan fingerprint density at radius 1 is 1.12 bits per heavy atom. The second-order valence-electron chi connectivity index (χ2n) is 4.52. The Labute approximate surface area is 102 Å². The molecule has 1 rings (SSSR count). The summed E-state index contributed by atoms with van der Waals surface area (Å²) in [5, 5.41) is 21.4. The normalized spacial score (nSPS) is 11.6. The lowest BCUT2D eigenvalue weighted by Crippen LogP contribution is -2.23. The van der Waals surface area contributed by atoms with Gasteiger partial charge in [0.2, 0.25) is 0 Å². The molecular weight excluding hydrogens is 222 g/mol. The molecule has 0 unspecified atom stereocenters. The van der Waals surface area contributed by atoms with Crippen LogP contribution in [-0.2, 0) is 13.2 Å². The van der Waals surface area contributed by atoms with Gasteiger partial charge < -0.3 is 15.5 Å². The second-order valence-corrected chi connectivity index (χ2v) is 5.73. The number of benzene rings is 1. The molecule has 3 nitrogen and oxygen atoms in total. The minimum absolute atomic E-state index is 0.0210. The van der Waals surface area contributed by atoms with E-state index in [-0.39, 0.29) is 18.0 Å². The number of hydrogen-bond donors (Lipinski definition) is 4. The summed E-state index contributed by atoms with van der Waals surface area (Å²) in [6.45, 7) is 4.72. The van der Waals surface area contributed by atoms with Crippen LogP contribution in [-0.4, -0.2) is 21.5 Å². The molecule has 0 saturated heterocycles. The fraction of sp³-hybridized carbons (Fsp3) is 0.500. The topological polar surface area (TPSA) is 52.5 Å². The summed E-state index contributed by atoms with van der Waals surface area (Å²) >= 11 is 4.42. The van der Waals surface area contributed by atoms with E-state index in [0.29, 0.717) is 0 Å². The summed E-state index contributed by atoms with van der Waals surface area (Å²) in [6.07, 6.45) is 0. The van der Waals surface area contributed by atoms with E-state index in [9.17, 15) is 0 Å². The Kier molecular flexibility index (Phi) is 4.65. The standard InChI is InChI=1S/C12H19NO2S/c1-12(2,16)8-13-11-4-9(6-14)3-10(5-11)7-15/h3-5,13-16H,6-8H2,1-2H3. The highest BCUT2D eigenvalue weighted by molar-refractivity contribution is 7.81. The van der Waals surface area contributed by atoms with Crippen molar-refractivity contribution in [3.05, 3.63) is 29.3 Å². The summed E-state index contributed by atoms with van der Waals surface area (Å²) in [4.78, 5) is 0. The molecule has 0 atom stereocenters. The molecule has 4 heteroatoms. The van der Waals surface area contributed by atoms with E-state index in [1.165, 1.54) is 0 Å². The van der Waals surface area contributed by atoms with Gasteiger partial charge in [0.1, 0.15) is 0 Å². The second kappa shape index (κ2) is 5.57. The first-order valence-electron chi connectivity index (χ1n) is 5.25. The molecule has 90 valence electrons. The van der Waals surface area contributed by atoms with Crippen LogP contribution >= 0.6 is 12.6 Å². The number of aliphatic hydroxyl groups is 2. The van der Waals surface area contributed by atoms with Gasteiger partial charge in [-0.2, -0.15) is 12.6 Å². The van der Waals surface area contributed by atoms with Crippen LogP contribution in [0, 0.1) is 0 Å². The predicted octanol–water partition coefficient (Wildman–Crippen LogP) is 1.79. The Hall–Kier alpha value is -0.710. The number of rotatable bonds is 5. The average Bonchev–Trinajstić information content (AvgIpc) is 2.25. The van der Waals surface area contributed by atoms with Crippen LogP contribution in [0.25, 0.3) is 0 Å². The van der Waals surface area contributed by atoms with Gasteiger partial charge in [-0.05, 0) is 37.1 Å². The van der Waals surface area contributed by atoms with E-state index < -0.39 is 0 Å². The van der Waals surface area contributed by atoms with Crippen molar-refractivity contribution in [1.82, 2.24) is 0 Å². The van der Waals surface area contributed by atoms with Gasteiger partial charge in [0, 0.05) is 17.0 Å². The lowest BCUT2D eigenvalue weighted by molar-refractivity contribution is 0.275. The van der Waals surface area contributed by atoms with Gasteiger partial charge in [-0.1, -0.05) is 6.07 Å². The lowest BCUT2D eigenvalue weighted by atomic mass is 10.1. The van der Waals surface area contributed by atoms with Gasteiger partial charge in [0.15, 0.2) is 0 Å². The summed E-state index contributed by atoms with van der Waals surface area (Å²) in [5.74, 6) is 0. The Bertz CT molecular complexity index is 325. The Morgan fingerprint density at radius 2 is 1.62 bits per heavy atom. The molecule has 1 aromatic carbocycles. The van der Waals surface area contributed by atoms with Crippen LogP contribution < -0.4 is 5.32 Å². The predicted molar refractivity (Wildman–Crippen MR) is 69.8 cm³/mol. The van der Waals surface area contributed by atoms with Crippen LogP contribution in [0.4, 0.5) is 5.69 Å². The fourth-order valence-corrected chi connectivity index (χ4v) is 1.44. The number of thiol groups is 1. The lowest BCUT2D eigenvalue weighted by Gasteiger charge is -2.19. The van der Waals surface area contributed by atoms with Gasteiger partial charge in [-0.25, -0.2) is 0 Å². The van der Waals surface area contributed by atoms with Crippen LogP contribution in [0.1, 0.15) is 25.0 Å². The molecule has 0 saturated carbocycles. The van der Waals surface area contributed by atoms with Crippen molar-refractivity contribution in [1.29, 1.82) is 0 Å². The third kappa shape index (κ3) is 4.43. The van der Waals surface area contributed by atoms with Crippen molar-refractivity contribution >= 4 is 18.3 Å². The first-order chi connectivity index (χ1) is 7.44. The number of nitrogens with one attached hydrogen (secondary N) is 1. The van der Waals surface area contributed by atoms with Gasteiger partial charge in [-0.15, -0.1) is 0 Å². The smallest absolute Gasteiger partial charge is 0.0682 e. The molecule has 0 heterocycles. The quantitative estimate of drug-likeness (QED) is 0.595. The van der Waals surface area contributed by atoms with Crippen molar-refractivity contribution < 1.29 is 10.2 Å². The fourth-order valence-electron chi connectivity index (χ4n) is 1.37. The van der Waals surface area contributed by atoms with Crippen molar-refractivity contribution in [2.45, 2.75) is 31.8 Å². The highest BCUT2D eigenvalue weighted by atomic mass is 32.1. The molecule has 0 bridgehead atoms. The van der Waals surface area contributed by atoms with Crippen LogP contribution in [0.5, 0.6) is 0 Å². The molecule has 1 aromatic rings. The highest BCUT2D eigenvalue weighted by Crippen LogP contribution is 2.18. The molecule has 0 amide bonds. The zero-order valence-corrected chi connectivity index (χ0v) is 10.6. The van der Waals surface area contributed by atoms with Crippen molar-refractivity contribution in [3.63, 3.8) is 0 Å². The van der Waals surface area contributed by atoms with Crippen molar-refractivity contribution in [3.8, 4) is 0 Å². The Balaban J connectivity index is 2.79. The molecule has 0 aliphatic carbocycles. The maximum absolute atomic E-state index is 9.09. The molecule has 16 heavy (non-hydrogen) atoms. The Morgan fingerprint density at radius 3 is 2.00 bits per heavy atom. The number of hydrogen-bond acceptors (Lipinski definition) is 4. The van der Waals surface area contributed by atoms with Crippen LogP contribution in [0.3, 0.4) is 0 Å². The largest absolute Gasteiger partial charge is 0.392 e.